The maximum atomic E-state index is 5.86. The number of nitrogen functional groups attached to an aromatic ring is 1. The smallest absolute Gasteiger partial charge is 0.0358 e. The molecule has 0 heterocycles. The maximum Gasteiger partial charge on any atom is 0.0358 e. The van der Waals surface area contributed by atoms with Crippen molar-refractivity contribution in [2.24, 2.45) is 0 Å². The Bertz CT molecular complexity index is 264. The summed E-state index contributed by atoms with van der Waals surface area (Å²) in [5.74, 6) is 0. The number of rotatable bonds is 3. The second kappa shape index (κ2) is 4.63. The van der Waals surface area contributed by atoms with Gasteiger partial charge >= 0.3 is 0 Å². The lowest BCUT2D eigenvalue weighted by Gasteiger charge is -2.12. The standard InChI is InChI=1S/C10H15BrN2/c1-13(2)7-6-8-9(11)4-3-5-10(8)12/h3-5H,6-7,12H2,1-2H3. The zero-order chi connectivity index (χ0) is 9.84. The summed E-state index contributed by atoms with van der Waals surface area (Å²) in [6, 6.07) is 5.93. The van der Waals surface area contributed by atoms with Crippen LogP contribution in [0, 0.1) is 0 Å². The second-order valence-electron chi connectivity index (χ2n) is 3.36. The Morgan fingerprint density at radius 3 is 2.62 bits per heavy atom. The lowest BCUT2D eigenvalue weighted by molar-refractivity contribution is 0.413. The fraction of sp³-hybridized carbons (Fsp3) is 0.400. The molecule has 0 fully saturated rings. The summed E-state index contributed by atoms with van der Waals surface area (Å²) in [5.41, 5.74) is 7.94. The Morgan fingerprint density at radius 2 is 2.08 bits per heavy atom. The molecule has 0 atom stereocenters. The SMILES string of the molecule is CN(C)CCc1c(N)cccc1Br. The van der Waals surface area contributed by atoms with Crippen LogP contribution in [0.1, 0.15) is 5.56 Å². The lowest BCUT2D eigenvalue weighted by atomic mass is 10.1. The first-order valence-corrected chi connectivity index (χ1v) is 5.08. The van der Waals surface area contributed by atoms with E-state index >= 15 is 0 Å². The van der Waals surface area contributed by atoms with Gasteiger partial charge in [0.25, 0.3) is 0 Å². The van der Waals surface area contributed by atoms with Crippen LogP contribution >= 0.6 is 15.9 Å². The molecule has 1 aromatic carbocycles. The molecule has 3 heteroatoms. The monoisotopic (exact) mass is 242 g/mol. The van der Waals surface area contributed by atoms with E-state index in [0.29, 0.717) is 0 Å². The Hall–Kier alpha value is -0.540. The van der Waals surface area contributed by atoms with E-state index in [1.165, 1.54) is 5.56 Å². The fourth-order valence-electron chi connectivity index (χ4n) is 1.17. The summed E-state index contributed by atoms with van der Waals surface area (Å²) >= 11 is 3.50. The quantitative estimate of drug-likeness (QED) is 0.824. The molecule has 1 rings (SSSR count). The van der Waals surface area contributed by atoms with Crippen molar-refractivity contribution in [3.05, 3.63) is 28.2 Å². The molecule has 0 aliphatic heterocycles. The van der Waals surface area contributed by atoms with Crippen molar-refractivity contribution in [2.45, 2.75) is 6.42 Å². The molecule has 2 N–H and O–H groups in total. The highest BCUT2D eigenvalue weighted by atomic mass is 79.9. The molecule has 0 unspecified atom stereocenters. The van der Waals surface area contributed by atoms with Gasteiger partial charge in [0.1, 0.15) is 0 Å². The molecule has 72 valence electrons. The van der Waals surface area contributed by atoms with Crippen molar-refractivity contribution >= 4 is 21.6 Å². The van der Waals surface area contributed by atoms with Crippen LogP contribution in [-0.4, -0.2) is 25.5 Å². The molecule has 0 radical (unpaired) electrons. The Morgan fingerprint density at radius 1 is 1.38 bits per heavy atom. The topological polar surface area (TPSA) is 29.3 Å². The molecular formula is C10H15BrN2. The Labute approximate surface area is 87.9 Å². The van der Waals surface area contributed by atoms with Crippen LogP contribution < -0.4 is 5.73 Å². The summed E-state index contributed by atoms with van der Waals surface area (Å²) in [7, 11) is 4.13. The van der Waals surface area contributed by atoms with E-state index < -0.39 is 0 Å². The zero-order valence-electron chi connectivity index (χ0n) is 8.05. The molecule has 0 aromatic heterocycles. The molecule has 0 bridgehead atoms. The molecular weight excluding hydrogens is 228 g/mol. The second-order valence-corrected chi connectivity index (χ2v) is 4.22. The van der Waals surface area contributed by atoms with E-state index in [0.717, 1.165) is 23.1 Å². The van der Waals surface area contributed by atoms with E-state index in [1.54, 1.807) is 0 Å². The summed E-state index contributed by atoms with van der Waals surface area (Å²) in [4.78, 5) is 2.15. The van der Waals surface area contributed by atoms with Gasteiger partial charge in [0.15, 0.2) is 0 Å². The normalized spacial score (nSPS) is 10.8. The zero-order valence-corrected chi connectivity index (χ0v) is 9.63. The number of hydrogen-bond donors (Lipinski definition) is 1. The van der Waals surface area contributed by atoms with Crippen LogP contribution in [0.3, 0.4) is 0 Å². The Balaban J connectivity index is 2.75. The van der Waals surface area contributed by atoms with Crippen molar-refractivity contribution < 1.29 is 0 Å². The minimum atomic E-state index is 0.872. The van der Waals surface area contributed by atoms with Crippen LogP contribution in [0.4, 0.5) is 5.69 Å². The van der Waals surface area contributed by atoms with Gasteiger partial charge in [0.05, 0.1) is 0 Å². The van der Waals surface area contributed by atoms with Crippen molar-refractivity contribution in [3.8, 4) is 0 Å². The van der Waals surface area contributed by atoms with Gasteiger partial charge < -0.3 is 10.6 Å². The molecule has 0 aliphatic rings. The number of hydrogen-bond acceptors (Lipinski definition) is 2. The van der Waals surface area contributed by atoms with Crippen LogP contribution in [0.25, 0.3) is 0 Å². The minimum Gasteiger partial charge on any atom is -0.398 e. The highest BCUT2D eigenvalue weighted by molar-refractivity contribution is 9.10. The van der Waals surface area contributed by atoms with Gasteiger partial charge in [0.2, 0.25) is 0 Å². The molecule has 0 aliphatic carbocycles. The van der Waals surface area contributed by atoms with Gasteiger partial charge in [-0.05, 0) is 38.2 Å². The molecule has 0 amide bonds. The number of benzene rings is 1. The van der Waals surface area contributed by atoms with E-state index in [2.05, 4.69) is 34.9 Å². The first kappa shape index (κ1) is 10.5. The van der Waals surface area contributed by atoms with Gasteiger partial charge in [-0.2, -0.15) is 0 Å². The molecule has 0 spiro atoms. The van der Waals surface area contributed by atoms with Crippen LogP contribution in [0.5, 0.6) is 0 Å². The molecule has 1 aromatic rings. The first-order chi connectivity index (χ1) is 6.11. The van der Waals surface area contributed by atoms with E-state index in [9.17, 15) is 0 Å². The molecule has 2 nitrogen and oxygen atoms in total. The summed E-state index contributed by atoms with van der Waals surface area (Å²) in [6.07, 6.45) is 0.986. The number of halogens is 1. The van der Waals surface area contributed by atoms with Crippen molar-refractivity contribution in [3.63, 3.8) is 0 Å². The first-order valence-electron chi connectivity index (χ1n) is 4.29. The fourth-order valence-corrected chi connectivity index (χ4v) is 1.75. The lowest BCUT2D eigenvalue weighted by Crippen LogP contribution is -2.15. The number of nitrogens with two attached hydrogens (primary N) is 1. The third kappa shape index (κ3) is 3.01. The van der Waals surface area contributed by atoms with Gasteiger partial charge in [-0.3, -0.25) is 0 Å². The molecule has 0 saturated heterocycles. The van der Waals surface area contributed by atoms with E-state index in [4.69, 9.17) is 5.73 Å². The third-order valence-corrected chi connectivity index (χ3v) is 2.71. The maximum absolute atomic E-state index is 5.86. The predicted molar refractivity (Wildman–Crippen MR) is 60.8 cm³/mol. The molecule has 13 heavy (non-hydrogen) atoms. The minimum absolute atomic E-state index is 0.872. The summed E-state index contributed by atoms with van der Waals surface area (Å²) in [6.45, 7) is 1.02. The number of nitrogens with zero attached hydrogens (tertiary/aromatic N) is 1. The van der Waals surface area contributed by atoms with Crippen LogP contribution in [-0.2, 0) is 6.42 Å². The number of anilines is 1. The largest absolute Gasteiger partial charge is 0.398 e. The highest BCUT2D eigenvalue weighted by Gasteiger charge is 2.03. The van der Waals surface area contributed by atoms with Gasteiger partial charge in [-0.1, -0.05) is 22.0 Å². The Kier molecular flexibility index (Phi) is 3.75. The third-order valence-electron chi connectivity index (χ3n) is 1.96. The summed E-state index contributed by atoms with van der Waals surface area (Å²) in [5, 5.41) is 0. The molecule has 0 saturated carbocycles. The average Bonchev–Trinajstić information content (AvgIpc) is 2.03. The van der Waals surface area contributed by atoms with E-state index in [-0.39, 0.29) is 0 Å². The van der Waals surface area contributed by atoms with Crippen molar-refractivity contribution in [1.82, 2.24) is 4.90 Å². The van der Waals surface area contributed by atoms with Crippen LogP contribution in [0.15, 0.2) is 22.7 Å². The van der Waals surface area contributed by atoms with Crippen molar-refractivity contribution in [1.29, 1.82) is 0 Å². The highest BCUT2D eigenvalue weighted by Crippen LogP contribution is 2.22. The predicted octanol–water partition coefficient (Wildman–Crippen LogP) is 2.14. The van der Waals surface area contributed by atoms with Crippen molar-refractivity contribution in [2.75, 3.05) is 26.4 Å². The van der Waals surface area contributed by atoms with Gasteiger partial charge in [-0.15, -0.1) is 0 Å². The van der Waals surface area contributed by atoms with Gasteiger partial charge in [-0.25, -0.2) is 0 Å². The van der Waals surface area contributed by atoms with E-state index in [1.807, 2.05) is 18.2 Å². The van der Waals surface area contributed by atoms with Gasteiger partial charge in [0, 0.05) is 16.7 Å². The average molecular weight is 243 g/mol. The number of likely N-dealkylation sites (N-methyl/N-ethyl adjacent to an activating group) is 1. The summed E-state index contributed by atoms with van der Waals surface area (Å²) < 4.78 is 1.11. The van der Waals surface area contributed by atoms with Crippen LogP contribution in [0.2, 0.25) is 0 Å².